The Hall–Kier alpha value is -3.63. The molecule has 2 saturated heterocycles. The monoisotopic (exact) mass is 526 g/mol. The number of likely N-dealkylation sites (tertiary alicyclic amines) is 2. The first-order valence-corrected chi connectivity index (χ1v) is 14.4. The minimum absolute atomic E-state index is 0.148. The van der Waals surface area contributed by atoms with Crippen LogP contribution in [0.5, 0.6) is 0 Å². The van der Waals surface area contributed by atoms with E-state index in [4.69, 9.17) is 4.74 Å². The van der Waals surface area contributed by atoms with Crippen LogP contribution in [0, 0.1) is 11.3 Å². The van der Waals surface area contributed by atoms with Crippen LogP contribution in [0.25, 0.3) is 10.9 Å². The number of carbonyl (C=O) groups is 2. The van der Waals surface area contributed by atoms with Gasteiger partial charge in [-0.1, -0.05) is 36.4 Å². The average Bonchev–Trinajstić information content (AvgIpc) is 3.70. The molecule has 1 aromatic heterocycles. The third kappa shape index (κ3) is 5.44. The first-order valence-electron chi connectivity index (χ1n) is 14.4. The molecule has 2 fully saturated rings. The van der Waals surface area contributed by atoms with Gasteiger partial charge in [-0.05, 0) is 81.5 Å². The van der Waals surface area contributed by atoms with E-state index in [-0.39, 0.29) is 24.0 Å². The lowest BCUT2D eigenvalue weighted by Gasteiger charge is -2.35. The van der Waals surface area contributed by atoms with Crippen molar-refractivity contribution in [2.75, 3.05) is 19.7 Å². The molecular formula is C32H38N4O3. The Kier molecular flexibility index (Phi) is 8.33. The Bertz CT molecular complexity index is 1360. The van der Waals surface area contributed by atoms with Gasteiger partial charge in [-0.2, -0.15) is 5.26 Å². The van der Waals surface area contributed by atoms with Gasteiger partial charge < -0.3 is 14.2 Å². The molecule has 0 N–H and O–H groups in total. The number of fused-ring (bicyclic) bond motifs is 1. The summed E-state index contributed by atoms with van der Waals surface area (Å²) in [6.07, 6.45) is 5.44. The predicted octanol–water partition coefficient (Wildman–Crippen LogP) is 5.23. The number of aromatic nitrogens is 1. The molecule has 204 valence electrons. The molecule has 3 unspecified atom stereocenters. The van der Waals surface area contributed by atoms with Gasteiger partial charge in [-0.15, -0.1) is 0 Å². The molecule has 7 heteroatoms. The van der Waals surface area contributed by atoms with Gasteiger partial charge in [0.2, 0.25) is 5.91 Å². The summed E-state index contributed by atoms with van der Waals surface area (Å²) in [5.41, 5.74) is 3.89. The zero-order chi connectivity index (χ0) is 27.4. The number of hydrogen-bond donors (Lipinski definition) is 0. The van der Waals surface area contributed by atoms with Gasteiger partial charge in [0.15, 0.2) is 0 Å². The number of esters is 1. The predicted molar refractivity (Wildman–Crippen MR) is 151 cm³/mol. The summed E-state index contributed by atoms with van der Waals surface area (Å²) in [6.45, 7) is 6.58. The van der Waals surface area contributed by atoms with Crippen molar-refractivity contribution in [2.45, 2.75) is 77.0 Å². The van der Waals surface area contributed by atoms with E-state index in [0.717, 1.165) is 68.1 Å². The average molecular weight is 527 g/mol. The molecule has 3 atom stereocenters. The highest BCUT2D eigenvalue weighted by atomic mass is 16.5. The number of rotatable bonds is 9. The first-order chi connectivity index (χ1) is 19.0. The van der Waals surface area contributed by atoms with Crippen LogP contribution in [0.2, 0.25) is 0 Å². The Morgan fingerprint density at radius 3 is 2.59 bits per heavy atom. The second kappa shape index (κ2) is 12.0. The first kappa shape index (κ1) is 27.0. The Morgan fingerprint density at radius 1 is 1.05 bits per heavy atom. The minimum atomic E-state index is -0.567. The molecule has 2 aliphatic heterocycles. The van der Waals surface area contributed by atoms with Crippen molar-refractivity contribution in [3.8, 4) is 6.07 Å². The van der Waals surface area contributed by atoms with Gasteiger partial charge in [0.25, 0.3) is 0 Å². The third-order valence-electron chi connectivity index (χ3n) is 8.37. The standard InChI is InChI=1S/C32H38N4O3/c1-3-34-27(21-25-15-14-23(22-33)20-29(25)34)17-16-26-12-8-18-35(26)31(37)28-13-9-19-36(28)30(32(38)39-4-2)24-10-6-5-7-11-24/h5-7,10-11,14-15,20-21,26,28,30H,3-4,8-9,12-13,16-19H2,1-2H3. The van der Waals surface area contributed by atoms with Crippen molar-refractivity contribution in [1.29, 1.82) is 5.26 Å². The largest absolute Gasteiger partial charge is 0.465 e. The maximum absolute atomic E-state index is 14.0. The summed E-state index contributed by atoms with van der Waals surface area (Å²) in [6, 6.07) is 19.3. The summed E-state index contributed by atoms with van der Waals surface area (Å²) in [4.78, 5) is 31.3. The highest BCUT2D eigenvalue weighted by Crippen LogP contribution is 2.34. The highest BCUT2D eigenvalue weighted by molar-refractivity contribution is 5.85. The molecule has 2 aliphatic rings. The number of hydrogen-bond acceptors (Lipinski definition) is 5. The lowest BCUT2D eigenvalue weighted by atomic mass is 10.0. The van der Waals surface area contributed by atoms with Gasteiger partial charge in [-0.25, -0.2) is 4.79 Å². The number of aryl methyl sites for hydroxylation is 2. The van der Waals surface area contributed by atoms with Gasteiger partial charge in [-0.3, -0.25) is 9.69 Å². The Labute approximate surface area is 230 Å². The minimum Gasteiger partial charge on any atom is -0.465 e. The van der Waals surface area contributed by atoms with E-state index in [2.05, 4.69) is 33.4 Å². The molecule has 0 spiro atoms. The maximum atomic E-state index is 14.0. The molecule has 39 heavy (non-hydrogen) atoms. The summed E-state index contributed by atoms with van der Waals surface area (Å²) >= 11 is 0. The third-order valence-corrected chi connectivity index (χ3v) is 8.37. The summed E-state index contributed by atoms with van der Waals surface area (Å²) in [7, 11) is 0. The van der Waals surface area contributed by atoms with Crippen molar-refractivity contribution >= 4 is 22.8 Å². The fourth-order valence-corrected chi connectivity index (χ4v) is 6.58. The molecule has 0 radical (unpaired) electrons. The number of benzene rings is 2. The summed E-state index contributed by atoms with van der Waals surface area (Å²) in [5.74, 6) is -0.136. The lowest BCUT2D eigenvalue weighted by molar-refractivity contribution is -0.152. The molecule has 7 nitrogen and oxygen atoms in total. The van der Waals surface area contributed by atoms with Crippen LogP contribution in [0.4, 0.5) is 0 Å². The van der Waals surface area contributed by atoms with Crippen LogP contribution in [0.1, 0.15) is 68.8 Å². The number of ether oxygens (including phenoxy) is 1. The van der Waals surface area contributed by atoms with Crippen LogP contribution < -0.4 is 0 Å². The molecule has 3 heterocycles. The normalized spacial score (nSPS) is 20.3. The molecule has 0 aliphatic carbocycles. The topological polar surface area (TPSA) is 78.6 Å². The van der Waals surface area contributed by atoms with E-state index in [1.165, 1.54) is 5.69 Å². The van der Waals surface area contributed by atoms with E-state index in [1.807, 2.05) is 55.5 Å². The van der Waals surface area contributed by atoms with Crippen molar-refractivity contribution in [1.82, 2.24) is 14.4 Å². The van der Waals surface area contributed by atoms with Crippen molar-refractivity contribution in [2.24, 2.45) is 0 Å². The van der Waals surface area contributed by atoms with Crippen LogP contribution in [-0.4, -0.2) is 58.0 Å². The van der Waals surface area contributed by atoms with E-state index < -0.39 is 6.04 Å². The van der Waals surface area contributed by atoms with Crippen molar-refractivity contribution in [3.05, 3.63) is 71.4 Å². The van der Waals surface area contributed by atoms with Crippen LogP contribution in [0.15, 0.2) is 54.6 Å². The van der Waals surface area contributed by atoms with Crippen LogP contribution >= 0.6 is 0 Å². The molecule has 2 aromatic carbocycles. The number of amides is 1. The maximum Gasteiger partial charge on any atom is 0.328 e. The van der Waals surface area contributed by atoms with Gasteiger partial charge >= 0.3 is 5.97 Å². The number of nitrogens with zero attached hydrogens (tertiary/aromatic N) is 4. The van der Waals surface area contributed by atoms with Crippen molar-refractivity contribution in [3.63, 3.8) is 0 Å². The second-order valence-corrected chi connectivity index (χ2v) is 10.6. The Morgan fingerprint density at radius 2 is 1.85 bits per heavy atom. The Balaban J connectivity index is 1.33. The molecule has 0 saturated carbocycles. The smallest absolute Gasteiger partial charge is 0.328 e. The van der Waals surface area contributed by atoms with E-state index in [9.17, 15) is 14.9 Å². The zero-order valence-corrected chi connectivity index (χ0v) is 23.0. The molecule has 1 amide bonds. The van der Waals surface area contributed by atoms with Crippen molar-refractivity contribution < 1.29 is 14.3 Å². The SMILES string of the molecule is CCOC(=O)C(c1ccccc1)N1CCCC1C(=O)N1CCCC1CCc1cc2ccc(C#N)cc2n1CC. The number of nitriles is 1. The summed E-state index contributed by atoms with van der Waals surface area (Å²) in [5, 5.41) is 10.5. The summed E-state index contributed by atoms with van der Waals surface area (Å²) < 4.78 is 7.76. The molecule has 0 bridgehead atoms. The molecule has 3 aromatic rings. The fourth-order valence-electron chi connectivity index (χ4n) is 6.58. The molecular weight excluding hydrogens is 488 g/mol. The zero-order valence-electron chi connectivity index (χ0n) is 23.0. The van der Waals surface area contributed by atoms with E-state index in [0.29, 0.717) is 18.7 Å². The lowest BCUT2D eigenvalue weighted by Crippen LogP contribution is -2.50. The van der Waals surface area contributed by atoms with E-state index in [1.54, 1.807) is 0 Å². The molecule has 5 rings (SSSR count). The fraction of sp³-hybridized carbons (Fsp3) is 0.469. The van der Waals surface area contributed by atoms with Gasteiger partial charge in [0, 0.05) is 36.9 Å². The van der Waals surface area contributed by atoms with Gasteiger partial charge in [0.05, 0.1) is 24.3 Å². The van der Waals surface area contributed by atoms with Crippen LogP contribution in [-0.2, 0) is 27.3 Å². The number of carbonyl (C=O) groups excluding carboxylic acids is 2. The highest BCUT2D eigenvalue weighted by Gasteiger charge is 2.43. The second-order valence-electron chi connectivity index (χ2n) is 10.6. The quantitative estimate of drug-likeness (QED) is 0.357. The van der Waals surface area contributed by atoms with Crippen LogP contribution in [0.3, 0.4) is 0 Å². The van der Waals surface area contributed by atoms with Gasteiger partial charge in [0.1, 0.15) is 6.04 Å². The van der Waals surface area contributed by atoms with E-state index >= 15 is 0 Å².